The summed E-state index contributed by atoms with van der Waals surface area (Å²) in [6.45, 7) is 14.5. The first kappa shape index (κ1) is 56.1. The summed E-state index contributed by atoms with van der Waals surface area (Å²) < 4.78 is 0. The summed E-state index contributed by atoms with van der Waals surface area (Å²) >= 11 is 0. The number of unbranched alkanes of at least 4 members (excludes halogenated alkanes) is 20. The zero-order valence-electron chi connectivity index (χ0n) is 30.7. The van der Waals surface area contributed by atoms with E-state index < -0.39 is 23.9 Å². The fourth-order valence-corrected chi connectivity index (χ4v) is 4.35. The summed E-state index contributed by atoms with van der Waals surface area (Å²) in [7, 11) is 0. The molecular weight excluding hydrogens is 816 g/mol. The number of carboxylic acids is 4. The molecule has 0 aromatic carbocycles. The minimum absolute atomic E-state index is 0. The third kappa shape index (κ3) is 76.9. The largest absolute Gasteiger partial charge is 4.00 e. The summed E-state index contributed by atoms with van der Waals surface area (Å²) in [6, 6.07) is 0. The van der Waals surface area contributed by atoms with Crippen LogP contribution in [0.1, 0.15) is 180 Å². The van der Waals surface area contributed by atoms with Gasteiger partial charge in [-0.1, -0.05) is 101 Å². The van der Waals surface area contributed by atoms with Crippen LogP contribution in [0.3, 0.4) is 0 Å². The smallest absolute Gasteiger partial charge is 0.550 e. The molecule has 0 aromatic heterocycles. The van der Waals surface area contributed by atoms with Crippen LogP contribution in [-0.4, -0.2) is 51.2 Å². The van der Waals surface area contributed by atoms with E-state index >= 15 is 0 Å². The van der Waals surface area contributed by atoms with Crippen LogP contribution in [0.5, 0.6) is 0 Å². The van der Waals surface area contributed by atoms with Crippen molar-refractivity contribution in [3.63, 3.8) is 0 Å². The number of carbonyl (C=O) groups excluding carboxylic acids is 4. The van der Waals surface area contributed by atoms with Crippen molar-refractivity contribution in [2.75, 3.05) is 0 Å². The van der Waals surface area contributed by atoms with E-state index in [9.17, 15) is 39.6 Å². The summed E-state index contributed by atoms with van der Waals surface area (Å²) in [5.41, 5.74) is 0. The fraction of sp³-hybridized carbons (Fsp3) is 0.700. The minimum Gasteiger partial charge on any atom is -0.550 e. The second-order valence-corrected chi connectivity index (χ2v) is 11.9. The zero-order valence-corrected chi connectivity index (χ0v) is 34.6. The summed E-state index contributed by atoms with van der Waals surface area (Å²) in [4.78, 5) is 40.0. The first-order valence-corrected chi connectivity index (χ1v) is 18.3. The van der Waals surface area contributed by atoms with Crippen LogP contribution in [0.25, 0.3) is 0 Å². The van der Waals surface area contributed by atoms with Crippen LogP contribution in [0.4, 0.5) is 0 Å². The van der Waals surface area contributed by atoms with E-state index in [1.165, 1.54) is 51.4 Å². The van der Waals surface area contributed by atoms with Gasteiger partial charge in [-0.2, -0.15) is 0 Å². The van der Waals surface area contributed by atoms with Crippen molar-refractivity contribution in [2.24, 2.45) is 0 Å². The van der Waals surface area contributed by atoms with E-state index in [0.29, 0.717) is 0 Å². The number of aliphatic carboxylic acids is 4. The molecule has 0 atom stereocenters. The van der Waals surface area contributed by atoms with Gasteiger partial charge in [-0.05, 0) is 103 Å². The molecule has 0 aromatic rings. The van der Waals surface area contributed by atoms with Crippen LogP contribution >= 0.6 is 0 Å². The van der Waals surface area contributed by atoms with Crippen molar-refractivity contribution in [1.29, 1.82) is 0 Å². The van der Waals surface area contributed by atoms with Crippen LogP contribution in [0, 0.1) is 0 Å². The first-order valence-electron chi connectivity index (χ1n) is 18.3. The van der Waals surface area contributed by atoms with Crippen molar-refractivity contribution in [2.45, 2.75) is 180 Å². The molecule has 49 heavy (non-hydrogen) atoms. The second kappa shape index (κ2) is 52.6. The van der Waals surface area contributed by atoms with Crippen LogP contribution in [0.2, 0.25) is 0 Å². The summed E-state index contributed by atoms with van der Waals surface area (Å²) in [5, 5.41) is 40.0. The Kier molecular flexibility index (Phi) is 60.2. The SMILES string of the molecule is C=CCCCCCCCC(=O)[O-].C=CCCCCCCCC(=O)[O-].C=CCCCCCCCC(=O)[O-].C=CCCCCCCCC(=O)[O-].[Pb+4]. The molecule has 280 valence electrons. The van der Waals surface area contributed by atoms with Crippen molar-refractivity contribution < 1.29 is 39.6 Å². The number of hydrogen-bond acceptors (Lipinski definition) is 8. The molecular formula is C40H68O8Pb. The van der Waals surface area contributed by atoms with Crippen LogP contribution < -0.4 is 20.4 Å². The van der Waals surface area contributed by atoms with Gasteiger partial charge in [0.1, 0.15) is 0 Å². The van der Waals surface area contributed by atoms with Gasteiger partial charge in [-0.25, -0.2) is 0 Å². The number of carbonyl (C=O) groups is 4. The van der Waals surface area contributed by atoms with Gasteiger partial charge in [-0.3, -0.25) is 0 Å². The Labute approximate surface area is 319 Å². The van der Waals surface area contributed by atoms with E-state index in [-0.39, 0.29) is 53.0 Å². The Hall–Kier alpha value is -2.24. The Balaban J connectivity index is -0.000000174. The molecule has 0 heterocycles. The number of rotatable bonds is 32. The molecule has 8 nitrogen and oxygen atoms in total. The van der Waals surface area contributed by atoms with Gasteiger partial charge >= 0.3 is 27.3 Å². The number of hydrogen-bond donors (Lipinski definition) is 0. The predicted molar refractivity (Wildman–Crippen MR) is 196 cm³/mol. The van der Waals surface area contributed by atoms with Crippen molar-refractivity contribution >= 4 is 51.2 Å². The zero-order chi connectivity index (χ0) is 36.9. The maximum Gasteiger partial charge on any atom is 4.00 e. The normalized spacial score (nSPS) is 9.47. The molecule has 9 heteroatoms. The standard InChI is InChI=1S/4C10H18O2.Pb/c4*1-2-3-4-5-6-7-8-9-10(11)12;/h4*2H,1,3-9H2,(H,11,12);/q;;;;+4/p-4. The molecule has 0 aliphatic heterocycles. The third-order valence-corrected chi connectivity index (χ3v) is 7.16. The van der Waals surface area contributed by atoms with Crippen LogP contribution in [-0.2, 0) is 19.2 Å². The molecule has 0 rings (SSSR count). The molecule has 0 spiro atoms. The van der Waals surface area contributed by atoms with E-state index in [1.807, 2.05) is 24.3 Å². The van der Waals surface area contributed by atoms with E-state index in [1.54, 1.807) is 0 Å². The number of allylic oxidation sites excluding steroid dienone is 4. The minimum atomic E-state index is -0.930. The summed E-state index contributed by atoms with van der Waals surface area (Å²) in [5.74, 6) is -3.72. The third-order valence-electron chi connectivity index (χ3n) is 7.16. The van der Waals surface area contributed by atoms with E-state index in [2.05, 4.69) is 26.3 Å². The van der Waals surface area contributed by atoms with Gasteiger partial charge in [0.25, 0.3) is 0 Å². The monoisotopic (exact) mass is 884 g/mol. The average molecular weight is 884 g/mol. The fourth-order valence-electron chi connectivity index (χ4n) is 4.35. The van der Waals surface area contributed by atoms with Gasteiger partial charge in [0, 0.05) is 23.9 Å². The molecule has 0 amide bonds. The molecule has 0 aliphatic rings. The Morgan fingerprint density at radius 3 is 0.592 bits per heavy atom. The molecule has 0 N–H and O–H groups in total. The van der Waals surface area contributed by atoms with Gasteiger partial charge in [0.15, 0.2) is 0 Å². The molecule has 0 saturated heterocycles. The van der Waals surface area contributed by atoms with Gasteiger partial charge in [-0.15, -0.1) is 26.3 Å². The quantitative estimate of drug-likeness (QED) is 0.0437. The van der Waals surface area contributed by atoms with Gasteiger partial charge in [0.05, 0.1) is 0 Å². The van der Waals surface area contributed by atoms with E-state index in [0.717, 1.165) is 103 Å². The van der Waals surface area contributed by atoms with Crippen molar-refractivity contribution in [3.8, 4) is 0 Å². The number of carboxylic acid groups (broad SMARTS) is 4. The molecule has 0 unspecified atom stereocenters. The average Bonchev–Trinajstić information content (AvgIpc) is 3.03. The molecule has 0 saturated carbocycles. The van der Waals surface area contributed by atoms with Crippen molar-refractivity contribution in [3.05, 3.63) is 50.6 Å². The molecule has 0 radical (unpaired) electrons. The predicted octanol–water partition coefficient (Wildman–Crippen LogP) is 6.23. The second-order valence-electron chi connectivity index (χ2n) is 11.9. The topological polar surface area (TPSA) is 161 Å². The van der Waals surface area contributed by atoms with Gasteiger partial charge < -0.3 is 39.6 Å². The summed E-state index contributed by atoms with van der Waals surface area (Å²) in [6.07, 6.45) is 33.8. The Morgan fingerprint density at radius 1 is 0.306 bits per heavy atom. The van der Waals surface area contributed by atoms with Crippen molar-refractivity contribution in [1.82, 2.24) is 0 Å². The Bertz CT molecular complexity index is 654. The maximum absolute atomic E-state index is 10.0. The maximum atomic E-state index is 10.0. The van der Waals surface area contributed by atoms with E-state index in [4.69, 9.17) is 0 Å². The molecule has 0 aliphatic carbocycles. The molecule has 0 bridgehead atoms. The van der Waals surface area contributed by atoms with Gasteiger partial charge in [0.2, 0.25) is 0 Å². The van der Waals surface area contributed by atoms with Crippen LogP contribution in [0.15, 0.2) is 50.6 Å². The Morgan fingerprint density at radius 2 is 0.449 bits per heavy atom. The first-order chi connectivity index (χ1) is 23.1. The molecule has 0 fully saturated rings.